The van der Waals surface area contributed by atoms with Gasteiger partial charge in [-0.3, -0.25) is 9.36 Å². The van der Waals surface area contributed by atoms with Gasteiger partial charge in [0.15, 0.2) is 5.16 Å². The molecule has 0 radical (unpaired) electrons. The molecule has 0 bridgehead atoms. The van der Waals surface area contributed by atoms with E-state index in [4.69, 9.17) is 4.74 Å². The van der Waals surface area contributed by atoms with Crippen LogP contribution in [0.1, 0.15) is 18.3 Å². The number of carbonyl (C=O) groups excluding carboxylic acids is 1. The summed E-state index contributed by atoms with van der Waals surface area (Å²) in [7, 11) is 1.63. The third-order valence-electron chi connectivity index (χ3n) is 4.13. The van der Waals surface area contributed by atoms with Crippen LogP contribution in [-0.2, 0) is 11.2 Å². The molecule has 3 rings (SSSR count). The topological polar surface area (TPSA) is 69.0 Å². The molecule has 2 aromatic carbocycles. The minimum absolute atomic E-state index is 0.0668. The number of rotatable bonds is 7. The molecular weight excluding hydrogens is 360 g/mol. The molecule has 7 heteroatoms. The maximum atomic E-state index is 12.4. The van der Waals surface area contributed by atoms with E-state index in [0.717, 1.165) is 34.9 Å². The van der Waals surface area contributed by atoms with E-state index in [-0.39, 0.29) is 11.7 Å². The van der Waals surface area contributed by atoms with Gasteiger partial charge >= 0.3 is 0 Å². The summed E-state index contributed by atoms with van der Waals surface area (Å²) in [6.45, 7) is 3.96. The van der Waals surface area contributed by atoms with Crippen LogP contribution in [0.25, 0.3) is 5.69 Å². The Kier molecular flexibility index (Phi) is 6.13. The Hall–Kier alpha value is -2.80. The van der Waals surface area contributed by atoms with Gasteiger partial charge in [-0.2, -0.15) is 0 Å². The molecule has 1 N–H and O–H groups in total. The monoisotopic (exact) mass is 382 g/mol. The van der Waals surface area contributed by atoms with Crippen LogP contribution in [-0.4, -0.2) is 33.5 Å². The first-order valence-corrected chi connectivity index (χ1v) is 9.68. The Morgan fingerprint density at radius 2 is 1.89 bits per heavy atom. The van der Waals surface area contributed by atoms with Crippen LogP contribution in [0.15, 0.2) is 53.7 Å². The van der Waals surface area contributed by atoms with E-state index >= 15 is 0 Å². The molecule has 0 aliphatic heterocycles. The molecule has 0 fully saturated rings. The summed E-state index contributed by atoms with van der Waals surface area (Å²) < 4.78 is 7.13. The van der Waals surface area contributed by atoms with Crippen molar-refractivity contribution in [2.45, 2.75) is 25.4 Å². The number of hydrogen-bond donors (Lipinski definition) is 1. The predicted octanol–water partition coefficient (Wildman–Crippen LogP) is 3.88. The smallest absolute Gasteiger partial charge is 0.234 e. The standard InChI is InChI=1S/C20H22N4O2S/c1-4-15-7-5-6-8-18(15)21-19(25)13-27-20-23-22-14(2)24(20)16-9-11-17(26-3)12-10-16/h5-12H,4,13H2,1-3H3,(H,21,25). The molecule has 0 spiro atoms. The minimum Gasteiger partial charge on any atom is -0.497 e. The lowest BCUT2D eigenvalue weighted by atomic mass is 10.1. The van der Waals surface area contributed by atoms with Crippen molar-refractivity contribution >= 4 is 23.4 Å². The lowest BCUT2D eigenvalue weighted by molar-refractivity contribution is -0.113. The van der Waals surface area contributed by atoms with Crippen LogP contribution in [0, 0.1) is 6.92 Å². The van der Waals surface area contributed by atoms with Crippen LogP contribution < -0.4 is 10.1 Å². The van der Waals surface area contributed by atoms with Crippen molar-refractivity contribution in [3.05, 3.63) is 59.9 Å². The molecule has 0 saturated heterocycles. The molecule has 0 saturated carbocycles. The number of ether oxygens (including phenoxy) is 1. The first-order valence-electron chi connectivity index (χ1n) is 8.69. The van der Waals surface area contributed by atoms with E-state index in [1.807, 2.05) is 60.0 Å². The first kappa shape index (κ1) is 19.0. The van der Waals surface area contributed by atoms with Crippen molar-refractivity contribution in [1.82, 2.24) is 14.8 Å². The van der Waals surface area contributed by atoms with Crippen molar-refractivity contribution in [1.29, 1.82) is 0 Å². The van der Waals surface area contributed by atoms with Crippen molar-refractivity contribution in [3.8, 4) is 11.4 Å². The van der Waals surface area contributed by atoms with Crippen LogP contribution >= 0.6 is 11.8 Å². The Morgan fingerprint density at radius 3 is 2.59 bits per heavy atom. The molecule has 1 aromatic heterocycles. The summed E-state index contributed by atoms with van der Waals surface area (Å²) in [5, 5.41) is 12.0. The van der Waals surface area contributed by atoms with Crippen molar-refractivity contribution in [2.75, 3.05) is 18.2 Å². The summed E-state index contributed by atoms with van der Waals surface area (Å²) in [5.41, 5.74) is 2.91. The molecule has 0 aliphatic rings. The van der Waals surface area contributed by atoms with Crippen LogP contribution in [0.4, 0.5) is 5.69 Å². The molecule has 1 amide bonds. The summed E-state index contributed by atoms with van der Waals surface area (Å²) in [6, 6.07) is 15.5. The summed E-state index contributed by atoms with van der Waals surface area (Å²) in [4.78, 5) is 12.4. The van der Waals surface area contributed by atoms with Gasteiger partial charge < -0.3 is 10.1 Å². The van der Waals surface area contributed by atoms with E-state index in [9.17, 15) is 4.79 Å². The van der Waals surface area contributed by atoms with E-state index in [2.05, 4.69) is 22.4 Å². The summed E-state index contributed by atoms with van der Waals surface area (Å²) >= 11 is 1.36. The largest absolute Gasteiger partial charge is 0.497 e. The number of para-hydroxylation sites is 1. The number of nitrogens with one attached hydrogen (secondary N) is 1. The molecule has 27 heavy (non-hydrogen) atoms. The number of anilines is 1. The van der Waals surface area contributed by atoms with Gasteiger partial charge in [-0.1, -0.05) is 36.9 Å². The Balaban J connectivity index is 1.70. The predicted molar refractivity (Wildman–Crippen MR) is 108 cm³/mol. The molecule has 0 unspecified atom stereocenters. The number of benzene rings is 2. The Bertz CT molecular complexity index is 922. The lowest BCUT2D eigenvalue weighted by Crippen LogP contribution is -2.15. The highest BCUT2D eigenvalue weighted by molar-refractivity contribution is 7.99. The van der Waals surface area contributed by atoms with Crippen molar-refractivity contribution in [2.24, 2.45) is 0 Å². The van der Waals surface area contributed by atoms with E-state index in [0.29, 0.717) is 5.16 Å². The highest BCUT2D eigenvalue weighted by atomic mass is 32.2. The van der Waals surface area contributed by atoms with E-state index < -0.39 is 0 Å². The number of thioether (sulfide) groups is 1. The van der Waals surface area contributed by atoms with Gasteiger partial charge in [-0.05, 0) is 49.2 Å². The average Bonchev–Trinajstić information content (AvgIpc) is 3.07. The van der Waals surface area contributed by atoms with Crippen molar-refractivity contribution < 1.29 is 9.53 Å². The van der Waals surface area contributed by atoms with Crippen LogP contribution in [0.3, 0.4) is 0 Å². The minimum atomic E-state index is -0.0668. The number of carbonyl (C=O) groups is 1. The zero-order valence-electron chi connectivity index (χ0n) is 15.6. The zero-order chi connectivity index (χ0) is 19.2. The number of nitrogens with zero attached hydrogens (tertiary/aromatic N) is 3. The number of methoxy groups -OCH3 is 1. The van der Waals surface area contributed by atoms with E-state index in [1.165, 1.54) is 11.8 Å². The molecule has 140 valence electrons. The molecular formula is C20H22N4O2S. The van der Waals surface area contributed by atoms with Gasteiger partial charge in [0.2, 0.25) is 5.91 Å². The highest BCUT2D eigenvalue weighted by Crippen LogP contribution is 2.24. The first-order chi connectivity index (χ1) is 13.1. The highest BCUT2D eigenvalue weighted by Gasteiger charge is 2.14. The zero-order valence-corrected chi connectivity index (χ0v) is 16.4. The second kappa shape index (κ2) is 8.73. The van der Waals surface area contributed by atoms with Crippen molar-refractivity contribution in [3.63, 3.8) is 0 Å². The van der Waals surface area contributed by atoms with Gasteiger partial charge in [0.25, 0.3) is 0 Å². The number of amides is 1. The maximum Gasteiger partial charge on any atom is 0.234 e. The fourth-order valence-electron chi connectivity index (χ4n) is 2.73. The third kappa shape index (κ3) is 4.49. The fraction of sp³-hybridized carbons (Fsp3) is 0.250. The second-order valence-corrected chi connectivity index (χ2v) is 6.85. The normalized spacial score (nSPS) is 10.6. The van der Waals surface area contributed by atoms with Gasteiger partial charge in [0.1, 0.15) is 11.6 Å². The summed E-state index contributed by atoms with van der Waals surface area (Å²) in [5.74, 6) is 1.74. The Morgan fingerprint density at radius 1 is 1.15 bits per heavy atom. The van der Waals surface area contributed by atoms with Gasteiger partial charge in [-0.15, -0.1) is 10.2 Å². The van der Waals surface area contributed by atoms with Crippen LogP contribution in [0.5, 0.6) is 5.75 Å². The SMILES string of the molecule is CCc1ccccc1NC(=O)CSc1nnc(C)n1-c1ccc(OC)cc1. The molecule has 1 heterocycles. The number of hydrogen-bond acceptors (Lipinski definition) is 5. The quantitative estimate of drug-likeness (QED) is 0.628. The molecule has 0 aliphatic carbocycles. The van der Waals surface area contributed by atoms with Gasteiger partial charge in [-0.25, -0.2) is 0 Å². The maximum absolute atomic E-state index is 12.4. The lowest BCUT2D eigenvalue weighted by Gasteiger charge is -2.11. The Labute approximate surface area is 163 Å². The molecule has 6 nitrogen and oxygen atoms in total. The number of aryl methyl sites for hydroxylation is 2. The van der Waals surface area contributed by atoms with E-state index in [1.54, 1.807) is 7.11 Å². The molecule has 0 atom stereocenters. The number of aromatic nitrogens is 3. The second-order valence-electron chi connectivity index (χ2n) is 5.91. The van der Waals surface area contributed by atoms with Crippen LogP contribution in [0.2, 0.25) is 0 Å². The summed E-state index contributed by atoms with van der Waals surface area (Å²) in [6.07, 6.45) is 0.870. The van der Waals surface area contributed by atoms with Gasteiger partial charge in [0.05, 0.1) is 12.9 Å². The third-order valence-corrected chi connectivity index (χ3v) is 5.06. The van der Waals surface area contributed by atoms with Gasteiger partial charge in [0, 0.05) is 11.4 Å². The fourth-order valence-corrected chi connectivity index (χ4v) is 3.53. The molecule has 3 aromatic rings. The average molecular weight is 382 g/mol.